The molecule has 0 rings (SSSR count). The fourth-order valence-electron chi connectivity index (χ4n) is 3.05. The van der Waals surface area contributed by atoms with Crippen LogP contribution in [0.4, 0.5) is 0 Å². The lowest BCUT2D eigenvalue weighted by Crippen LogP contribution is -2.25. The molecule has 0 bridgehead atoms. The highest BCUT2D eigenvalue weighted by Crippen LogP contribution is 2.29. The van der Waals surface area contributed by atoms with E-state index in [1.54, 1.807) is 0 Å². The predicted octanol–water partition coefficient (Wildman–Crippen LogP) is 7.99. The molecule has 0 N–H and O–H groups in total. The lowest BCUT2D eigenvalue weighted by molar-refractivity contribution is -0.0784. The molecule has 2 nitrogen and oxygen atoms in total. The van der Waals surface area contributed by atoms with Gasteiger partial charge in [0.05, 0.1) is 13.2 Å². The summed E-state index contributed by atoms with van der Waals surface area (Å²) in [5, 5.41) is 0. The zero-order valence-electron chi connectivity index (χ0n) is 19.0. The van der Waals surface area contributed by atoms with Gasteiger partial charge < -0.3 is 9.47 Å². The third-order valence-corrected chi connectivity index (χ3v) is 4.75. The first kappa shape index (κ1) is 26.9. The lowest BCUT2D eigenvalue weighted by atomic mass is 9.96. The minimum Gasteiger partial charge on any atom is -0.345 e. The molecule has 0 saturated carbocycles. The second-order valence-corrected chi connectivity index (χ2v) is 9.17. The van der Waals surface area contributed by atoms with Crippen molar-refractivity contribution in [3.63, 3.8) is 0 Å². The molecule has 0 aromatic rings. The Bertz CT molecular complexity index is 280. The van der Waals surface area contributed by atoms with E-state index in [1.807, 2.05) is 0 Å². The Hall–Kier alpha value is -0.0800. The molecule has 0 fully saturated rings. The van der Waals surface area contributed by atoms with Crippen LogP contribution in [0.15, 0.2) is 0 Å². The fraction of sp³-hybridized carbons (Fsp3) is 0.840. The SMILES string of the molecule is [CH2]C([CH2])([CH2])[C](OCCCCCCCC(C)C)OCCCCCCCC(C)C. The quantitative estimate of drug-likeness (QED) is 0.211. The van der Waals surface area contributed by atoms with Gasteiger partial charge in [0, 0.05) is 5.41 Å². The maximum absolute atomic E-state index is 5.83. The summed E-state index contributed by atoms with van der Waals surface area (Å²) in [5.41, 5.74) is -0.783. The van der Waals surface area contributed by atoms with Crippen molar-refractivity contribution in [1.29, 1.82) is 0 Å². The van der Waals surface area contributed by atoms with Crippen LogP contribution in [0.2, 0.25) is 0 Å². The van der Waals surface area contributed by atoms with Crippen molar-refractivity contribution in [3.8, 4) is 0 Å². The molecule has 0 spiro atoms. The molecular weight excluding hydrogens is 332 g/mol. The van der Waals surface area contributed by atoms with E-state index in [9.17, 15) is 0 Å². The molecule has 0 aromatic carbocycles. The molecule has 0 aliphatic rings. The van der Waals surface area contributed by atoms with Gasteiger partial charge in [0.15, 0.2) is 0 Å². The zero-order chi connectivity index (χ0) is 20.5. The summed E-state index contributed by atoms with van der Waals surface area (Å²) in [7, 11) is 0. The molecule has 0 aromatic heterocycles. The third kappa shape index (κ3) is 19.0. The van der Waals surface area contributed by atoms with Gasteiger partial charge in [-0.25, -0.2) is 0 Å². The normalized spacial score (nSPS) is 12.7. The van der Waals surface area contributed by atoms with E-state index < -0.39 is 5.41 Å². The van der Waals surface area contributed by atoms with E-state index in [1.165, 1.54) is 64.2 Å². The van der Waals surface area contributed by atoms with Crippen LogP contribution in [0, 0.1) is 44.3 Å². The van der Waals surface area contributed by atoms with Crippen LogP contribution in [0.3, 0.4) is 0 Å². The van der Waals surface area contributed by atoms with Crippen molar-refractivity contribution in [2.75, 3.05) is 13.2 Å². The predicted molar refractivity (Wildman–Crippen MR) is 119 cm³/mol. The first-order valence-electron chi connectivity index (χ1n) is 11.4. The van der Waals surface area contributed by atoms with Gasteiger partial charge in [0.25, 0.3) is 0 Å². The molecule has 0 unspecified atom stereocenters. The van der Waals surface area contributed by atoms with Crippen LogP contribution in [0.25, 0.3) is 0 Å². The summed E-state index contributed by atoms with van der Waals surface area (Å²) in [4.78, 5) is 0. The molecule has 160 valence electrons. The molecule has 0 aliphatic carbocycles. The minimum atomic E-state index is -0.783. The van der Waals surface area contributed by atoms with Gasteiger partial charge in [-0.05, 0) is 45.4 Å². The number of hydrogen-bond acceptors (Lipinski definition) is 2. The van der Waals surface area contributed by atoms with E-state index in [0.717, 1.165) is 24.7 Å². The maximum atomic E-state index is 5.83. The Morgan fingerprint density at radius 3 is 1.26 bits per heavy atom. The van der Waals surface area contributed by atoms with E-state index in [4.69, 9.17) is 9.47 Å². The van der Waals surface area contributed by atoms with Gasteiger partial charge in [-0.15, -0.1) is 0 Å². The minimum absolute atomic E-state index is 0.502. The van der Waals surface area contributed by atoms with Crippen molar-refractivity contribution < 1.29 is 9.47 Å². The van der Waals surface area contributed by atoms with Gasteiger partial charge >= 0.3 is 0 Å². The van der Waals surface area contributed by atoms with Crippen molar-refractivity contribution in [2.24, 2.45) is 17.3 Å². The van der Waals surface area contributed by atoms with E-state index in [2.05, 4.69) is 48.5 Å². The van der Waals surface area contributed by atoms with E-state index in [-0.39, 0.29) is 0 Å². The van der Waals surface area contributed by atoms with Crippen molar-refractivity contribution in [2.45, 2.75) is 105 Å². The van der Waals surface area contributed by atoms with Crippen molar-refractivity contribution in [3.05, 3.63) is 27.1 Å². The van der Waals surface area contributed by atoms with Crippen molar-refractivity contribution >= 4 is 0 Å². The molecule has 0 saturated heterocycles. The monoisotopic (exact) mass is 380 g/mol. The summed E-state index contributed by atoms with van der Waals surface area (Å²) in [6, 6.07) is 0. The topological polar surface area (TPSA) is 18.5 Å². The number of ether oxygens (including phenoxy) is 2. The Labute approximate surface area is 172 Å². The molecule has 0 aliphatic heterocycles. The van der Waals surface area contributed by atoms with Crippen molar-refractivity contribution in [1.82, 2.24) is 0 Å². The highest BCUT2D eigenvalue weighted by Gasteiger charge is 2.28. The van der Waals surface area contributed by atoms with Crippen LogP contribution >= 0.6 is 0 Å². The Balaban J connectivity index is 3.69. The van der Waals surface area contributed by atoms with Crippen LogP contribution in [0.1, 0.15) is 105 Å². The van der Waals surface area contributed by atoms with Crippen LogP contribution in [-0.2, 0) is 9.47 Å². The molecule has 0 heterocycles. The highest BCUT2D eigenvalue weighted by molar-refractivity contribution is 5.01. The van der Waals surface area contributed by atoms with Crippen LogP contribution in [-0.4, -0.2) is 13.2 Å². The summed E-state index contributed by atoms with van der Waals surface area (Å²) in [6.45, 7) is 22.4. The molecule has 0 amide bonds. The van der Waals surface area contributed by atoms with Crippen LogP contribution in [0.5, 0.6) is 0 Å². The summed E-state index contributed by atoms with van der Waals surface area (Å²) < 4.78 is 11.7. The summed E-state index contributed by atoms with van der Waals surface area (Å²) in [6.07, 6.45) is 15.6. The molecule has 27 heavy (non-hydrogen) atoms. The first-order valence-corrected chi connectivity index (χ1v) is 11.4. The fourth-order valence-corrected chi connectivity index (χ4v) is 3.05. The summed E-state index contributed by atoms with van der Waals surface area (Å²) in [5.74, 6) is 1.64. The first-order chi connectivity index (χ1) is 12.7. The third-order valence-electron chi connectivity index (χ3n) is 4.75. The number of unbranched alkanes of at least 4 members (excludes halogenated alkanes) is 8. The second kappa shape index (κ2) is 16.8. The molecule has 0 atom stereocenters. The van der Waals surface area contributed by atoms with Gasteiger partial charge in [-0.3, -0.25) is 0 Å². The van der Waals surface area contributed by atoms with E-state index >= 15 is 0 Å². The van der Waals surface area contributed by atoms with Gasteiger partial charge in [-0.1, -0.05) is 91.9 Å². The standard InChI is InChI=1S/C25H48O2/c1-22(2)18-14-10-8-12-16-20-26-24(25(5,6)7)27-21-17-13-9-11-15-19-23(3)4/h22-23H,5-21H2,1-4H3. The number of hydrogen-bond donors (Lipinski definition) is 0. The molecule has 4 radical (unpaired) electrons. The maximum Gasteiger partial charge on any atom is 0.230 e. The average Bonchev–Trinajstić information content (AvgIpc) is 2.55. The second-order valence-electron chi connectivity index (χ2n) is 9.17. The van der Waals surface area contributed by atoms with Gasteiger partial charge in [0.1, 0.15) is 0 Å². The summed E-state index contributed by atoms with van der Waals surface area (Å²) >= 11 is 0. The Kier molecular flexibility index (Phi) is 16.8. The number of rotatable bonds is 19. The average molecular weight is 381 g/mol. The largest absolute Gasteiger partial charge is 0.345 e. The smallest absolute Gasteiger partial charge is 0.230 e. The molecular formula is C25H48O2. The van der Waals surface area contributed by atoms with Gasteiger partial charge in [-0.2, -0.15) is 0 Å². The Morgan fingerprint density at radius 2 is 0.926 bits per heavy atom. The van der Waals surface area contributed by atoms with E-state index in [0.29, 0.717) is 19.5 Å². The zero-order valence-corrected chi connectivity index (χ0v) is 19.0. The highest BCUT2D eigenvalue weighted by atomic mass is 16.7. The van der Waals surface area contributed by atoms with Gasteiger partial charge in [0.2, 0.25) is 6.29 Å². The molecule has 2 heteroatoms. The Morgan fingerprint density at radius 1 is 0.593 bits per heavy atom. The van der Waals surface area contributed by atoms with Crippen LogP contribution < -0.4 is 0 Å². The lowest BCUT2D eigenvalue weighted by Gasteiger charge is -2.28.